The van der Waals surface area contributed by atoms with Gasteiger partial charge in [0.25, 0.3) is 0 Å². The van der Waals surface area contributed by atoms with E-state index in [-0.39, 0.29) is 11.8 Å². The Bertz CT molecular complexity index is 1070. The second-order valence-electron chi connectivity index (χ2n) is 8.93. The Morgan fingerprint density at radius 2 is 1.91 bits per heavy atom. The summed E-state index contributed by atoms with van der Waals surface area (Å²) in [6.45, 7) is 4.33. The Morgan fingerprint density at radius 3 is 2.69 bits per heavy atom. The van der Waals surface area contributed by atoms with Gasteiger partial charge in [-0.05, 0) is 69.8 Å². The Kier molecular flexibility index (Phi) is 5.80. The molecule has 0 amide bonds. The number of aromatic nitrogens is 4. The number of rotatable bonds is 6. The Hall–Kier alpha value is -2.97. The fourth-order valence-corrected chi connectivity index (χ4v) is 4.69. The number of nitrogens with two attached hydrogens (primary N) is 1. The van der Waals surface area contributed by atoms with Crippen molar-refractivity contribution >= 4 is 5.82 Å². The van der Waals surface area contributed by atoms with E-state index in [1.807, 2.05) is 35.3 Å². The molecule has 2 aromatic heterocycles. The third kappa shape index (κ3) is 4.20. The summed E-state index contributed by atoms with van der Waals surface area (Å²) >= 11 is 0. The number of hydrogen-bond acceptors (Lipinski definition) is 7. The van der Waals surface area contributed by atoms with Gasteiger partial charge >= 0.3 is 0 Å². The van der Waals surface area contributed by atoms with E-state index in [9.17, 15) is 5.11 Å². The number of nitrogen functional groups attached to an aromatic ring is 1. The van der Waals surface area contributed by atoms with Crippen LogP contribution in [0.5, 0.6) is 5.75 Å². The summed E-state index contributed by atoms with van der Waals surface area (Å²) in [5.41, 5.74) is 8.98. The minimum absolute atomic E-state index is 0.160. The lowest BCUT2D eigenvalue weighted by molar-refractivity contribution is -0.0931. The molecule has 1 aliphatic carbocycles. The zero-order chi connectivity index (χ0) is 22.1. The van der Waals surface area contributed by atoms with Gasteiger partial charge in [-0.25, -0.2) is 0 Å². The van der Waals surface area contributed by atoms with E-state index < -0.39 is 0 Å². The van der Waals surface area contributed by atoms with Crippen LogP contribution in [-0.2, 0) is 4.74 Å². The van der Waals surface area contributed by atoms with Gasteiger partial charge < -0.3 is 20.9 Å². The van der Waals surface area contributed by atoms with Gasteiger partial charge in [0.1, 0.15) is 5.75 Å². The summed E-state index contributed by atoms with van der Waals surface area (Å²) < 4.78 is 8.29. The number of phenols is 1. The number of ether oxygens (including phenoxy) is 1. The molecule has 32 heavy (non-hydrogen) atoms. The molecule has 1 saturated carbocycles. The first kappa shape index (κ1) is 20.9. The summed E-state index contributed by atoms with van der Waals surface area (Å²) in [4.78, 5) is 0. The highest BCUT2D eigenvalue weighted by Gasteiger charge is 2.36. The standard InChI is InChI=1S/C24H30N6O2/c1-15(16-10-19(11-16)32-18-6-8-26-9-7-18)30-14-17(13-27-30)21-12-22(28-29-24(21)25)20-4-2-3-5-23(20)31/h2-5,12-16,18-19,26,31H,6-11H2,1H3,(H2,25,29)/t15-,16?,19?/m1/s1. The maximum Gasteiger partial charge on any atom is 0.154 e. The second kappa shape index (κ2) is 8.88. The molecular formula is C24H30N6O2. The van der Waals surface area contributed by atoms with Gasteiger partial charge in [0, 0.05) is 22.9 Å². The Labute approximate surface area is 187 Å². The largest absolute Gasteiger partial charge is 0.507 e. The average molecular weight is 435 g/mol. The lowest BCUT2D eigenvalue weighted by Crippen LogP contribution is -2.41. The SMILES string of the molecule is C[C@H](C1CC(OC2CCNCC2)C1)n1cc(-c2cc(-c3ccccc3O)nnc2N)cn1. The van der Waals surface area contributed by atoms with Crippen LogP contribution in [0.25, 0.3) is 22.4 Å². The molecule has 0 bridgehead atoms. The molecule has 1 aromatic carbocycles. The number of piperidine rings is 1. The van der Waals surface area contributed by atoms with E-state index >= 15 is 0 Å². The number of aromatic hydroxyl groups is 1. The van der Waals surface area contributed by atoms with Crippen molar-refractivity contribution in [3.05, 3.63) is 42.7 Å². The van der Waals surface area contributed by atoms with Crippen molar-refractivity contribution in [2.75, 3.05) is 18.8 Å². The van der Waals surface area contributed by atoms with E-state index in [1.54, 1.807) is 12.1 Å². The topological polar surface area (TPSA) is 111 Å². The van der Waals surface area contributed by atoms with Gasteiger partial charge in [0.2, 0.25) is 0 Å². The summed E-state index contributed by atoms with van der Waals surface area (Å²) in [5.74, 6) is 1.06. The first-order chi connectivity index (χ1) is 15.6. The molecule has 5 rings (SSSR count). The summed E-state index contributed by atoms with van der Waals surface area (Å²) in [6, 6.07) is 9.21. The molecule has 2 aliphatic rings. The van der Waals surface area contributed by atoms with Crippen LogP contribution >= 0.6 is 0 Å². The van der Waals surface area contributed by atoms with Crippen LogP contribution in [0.1, 0.15) is 38.6 Å². The maximum atomic E-state index is 10.2. The van der Waals surface area contributed by atoms with Crippen molar-refractivity contribution in [1.82, 2.24) is 25.3 Å². The molecule has 4 N–H and O–H groups in total. The van der Waals surface area contributed by atoms with E-state index in [0.29, 0.717) is 35.2 Å². The van der Waals surface area contributed by atoms with Crippen LogP contribution in [0.4, 0.5) is 5.82 Å². The molecule has 2 fully saturated rings. The smallest absolute Gasteiger partial charge is 0.154 e. The summed E-state index contributed by atoms with van der Waals surface area (Å²) in [6.07, 6.45) is 9.02. The molecular weight excluding hydrogens is 404 g/mol. The van der Waals surface area contributed by atoms with Crippen LogP contribution in [0, 0.1) is 5.92 Å². The van der Waals surface area contributed by atoms with E-state index in [0.717, 1.165) is 49.9 Å². The summed E-state index contributed by atoms with van der Waals surface area (Å²) in [7, 11) is 0. The molecule has 3 aromatic rings. The lowest BCUT2D eigenvalue weighted by atomic mass is 9.77. The van der Waals surface area contributed by atoms with Crippen molar-refractivity contribution in [1.29, 1.82) is 0 Å². The molecule has 1 atom stereocenters. The van der Waals surface area contributed by atoms with Crippen molar-refractivity contribution in [3.63, 3.8) is 0 Å². The minimum Gasteiger partial charge on any atom is -0.507 e. The number of nitrogens with zero attached hydrogens (tertiary/aromatic N) is 4. The maximum absolute atomic E-state index is 10.2. The van der Waals surface area contributed by atoms with Crippen LogP contribution in [0.3, 0.4) is 0 Å². The molecule has 0 spiro atoms. The van der Waals surface area contributed by atoms with Gasteiger partial charge in [-0.15, -0.1) is 10.2 Å². The number of hydrogen-bond donors (Lipinski definition) is 3. The number of phenolic OH excluding ortho intramolecular Hbond substituents is 1. The third-order valence-electron chi connectivity index (χ3n) is 6.82. The molecule has 1 aliphatic heterocycles. The van der Waals surface area contributed by atoms with Crippen LogP contribution < -0.4 is 11.1 Å². The Balaban J connectivity index is 1.27. The second-order valence-corrected chi connectivity index (χ2v) is 8.93. The fourth-order valence-electron chi connectivity index (χ4n) is 4.69. The van der Waals surface area contributed by atoms with Crippen molar-refractivity contribution in [2.24, 2.45) is 5.92 Å². The van der Waals surface area contributed by atoms with Gasteiger partial charge in [-0.3, -0.25) is 4.68 Å². The number of para-hydroxylation sites is 1. The molecule has 3 heterocycles. The van der Waals surface area contributed by atoms with Crippen molar-refractivity contribution < 1.29 is 9.84 Å². The number of nitrogens with one attached hydrogen (secondary N) is 1. The monoisotopic (exact) mass is 434 g/mol. The third-order valence-corrected chi connectivity index (χ3v) is 6.82. The molecule has 168 valence electrons. The lowest BCUT2D eigenvalue weighted by Gasteiger charge is -2.41. The first-order valence-electron chi connectivity index (χ1n) is 11.4. The van der Waals surface area contributed by atoms with Crippen LogP contribution in [-0.4, -0.2) is 50.4 Å². The molecule has 0 radical (unpaired) electrons. The summed E-state index contributed by atoms with van der Waals surface area (Å²) in [5, 5.41) is 26.4. The average Bonchev–Trinajstić information content (AvgIpc) is 3.27. The van der Waals surface area contributed by atoms with Crippen molar-refractivity contribution in [2.45, 2.75) is 50.9 Å². The first-order valence-corrected chi connectivity index (χ1v) is 11.4. The molecule has 0 unspecified atom stereocenters. The Morgan fingerprint density at radius 1 is 1.12 bits per heavy atom. The number of benzene rings is 1. The van der Waals surface area contributed by atoms with Crippen LogP contribution in [0.2, 0.25) is 0 Å². The predicted octanol–water partition coefficient (Wildman–Crippen LogP) is 3.40. The zero-order valence-electron chi connectivity index (χ0n) is 18.3. The zero-order valence-corrected chi connectivity index (χ0v) is 18.3. The molecule has 1 saturated heterocycles. The fraction of sp³-hybridized carbons (Fsp3) is 0.458. The highest BCUT2D eigenvalue weighted by molar-refractivity contribution is 5.78. The molecule has 8 nitrogen and oxygen atoms in total. The minimum atomic E-state index is 0.160. The van der Waals surface area contributed by atoms with Crippen molar-refractivity contribution in [3.8, 4) is 28.1 Å². The predicted molar refractivity (Wildman–Crippen MR) is 123 cm³/mol. The quantitative estimate of drug-likeness (QED) is 0.545. The molecule has 8 heteroatoms. The van der Waals surface area contributed by atoms with Gasteiger partial charge in [0.15, 0.2) is 5.82 Å². The normalized spacial score (nSPS) is 22.4. The van der Waals surface area contributed by atoms with Gasteiger partial charge in [0.05, 0.1) is 30.1 Å². The van der Waals surface area contributed by atoms with Crippen LogP contribution in [0.15, 0.2) is 42.7 Å². The van der Waals surface area contributed by atoms with Gasteiger partial charge in [-0.1, -0.05) is 12.1 Å². The van der Waals surface area contributed by atoms with E-state index in [2.05, 4.69) is 27.5 Å². The van der Waals surface area contributed by atoms with Gasteiger partial charge in [-0.2, -0.15) is 5.10 Å². The number of anilines is 1. The highest BCUT2D eigenvalue weighted by atomic mass is 16.5. The highest BCUT2D eigenvalue weighted by Crippen LogP contribution is 2.40. The van der Waals surface area contributed by atoms with E-state index in [1.165, 1.54) is 0 Å². The van der Waals surface area contributed by atoms with E-state index in [4.69, 9.17) is 10.5 Å².